The van der Waals surface area contributed by atoms with Crippen LogP contribution in [0.5, 0.6) is 11.5 Å². The van der Waals surface area contributed by atoms with Crippen LogP contribution in [0.4, 0.5) is 5.69 Å². The zero-order chi connectivity index (χ0) is 34.1. The van der Waals surface area contributed by atoms with Crippen LogP contribution in [0.25, 0.3) is 0 Å². The molecule has 1 fully saturated rings. The monoisotopic (exact) mass is 652 g/mol. The van der Waals surface area contributed by atoms with Crippen LogP contribution >= 0.6 is 0 Å². The van der Waals surface area contributed by atoms with Gasteiger partial charge in [0.1, 0.15) is 18.1 Å². The topological polar surface area (TPSA) is 116 Å². The fourth-order valence-corrected chi connectivity index (χ4v) is 6.96. The quantitative estimate of drug-likeness (QED) is 0.266. The van der Waals surface area contributed by atoms with E-state index < -0.39 is 11.5 Å². The lowest BCUT2D eigenvalue weighted by Crippen LogP contribution is -2.58. The normalized spacial score (nSPS) is 20.4. The van der Waals surface area contributed by atoms with Gasteiger partial charge >= 0.3 is 0 Å². The Kier molecular flexibility index (Phi) is 12.9. The fraction of sp³-hybridized carbons (Fsp3) is 0.622. The van der Waals surface area contributed by atoms with E-state index in [1.807, 2.05) is 36.9 Å². The standard InChI is InChI=1S/C37H56N4O6/c1-25(2)19-31(38)35(42)41-23-34(47-24-26-9-14-33-32(20-26)40(16-18-46-33)15-8-17-44-6)30(27-10-12-29(45-7)13-11-27)21-28(41)22-37(3,4)36(43)39-5/h9-14,20,25,28,30-31,34H,8,15-19,21-24,38H2,1-7H3,(H,39,43)/t28-,30-,31+,34+/m1/s1. The maximum atomic E-state index is 14.0. The van der Waals surface area contributed by atoms with E-state index in [4.69, 9.17) is 24.7 Å². The Balaban J connectivity index is 1.64. The summed E-state index contributed by atoms with van der Waals surface area (Å²) in [6.07, 6.45) is 2.39. The molecular weight excluding hydrogens is 596 g/mol. The minimum absolute atomic E-state index is 0.0109. The lowest BCUT2D eigenvalue weighted by atomic mass is 9.76. The second-order valence-electron chi connectivity index (χ2n) is 14.0. The second kappa shape index (κ2) is 16.7. The molecule has 2 heterocycles. The molecule has 4 rings (SSSR count). The number of carbonyl (C=O) groups excluding carboxylic acids is 2. The second-order valence-corrected chi connectivity index (χ2v) is 14.0. The molecule has 4 atom stereocenters. The molecule has 260 valence electrons. The number of likely N-dealkylation sites (tertiary alicyclic amines) is 1. The molecule has 0 aliphatic carbocycles. The van der Waals surface area contributed by atoms with Crippen molar-refractivity contribution in [2.45, 2.75) is 84.1 Å². The van der Waals surface area contributed by atoms with E-state index >= 15 is 0 Å². The summed E-state index contributed by atoms with van der Waals surface area (Å²) in [5.41, 5.74) is 9.06. The molecule has 0 bridgehead atoms. The van der Waals surface area contributed by atoms with Crippen LogP contribution in [0.1, 0.15) is 70.4 Å². The van der Waals surface area contributed by atoms with E-state index in [0.717, 1.165) is 47.8 Å². The Morgan fingerprint density at radius 3 is 2.53 bits per heavy atom. The average molecular weight is 653 g/mol. The van der Waals surface area contributed by atoms with E-state index in [0.29, 0.717) is 45.6 Å². The van der Waals surface area contributed by atoms with Gasteiger partial charge in [-0.05, 0) is 67.0 Å². The van der Waals surface area contributed by atoms with Crippen molar-refractivity contribution in [2.24, 2.45) is 17.1 Å². The van der Waals surface area contributed by atoms with Gasteiger partial charge in [0.15, 0.2) is 0 Å². The van der Waals surface area contributed by atoms with Crippen molar-refractivity contribution in [1.29, 1.82) is 0 Å². The van der Waals surface area contributed by atoms with Gasteiger partial charge in [-0.25, -0.2) is 0 Å². The number of nitrogens with one attached hydrogen (secondary N) is 1. The molecule has 10 heteroatoms. The number of carbonyl (C=O) groups is 2. The van der Waals surface area contributed by atoms with E-state index in [-0.39, 0.29) is 35.8 Å². The molecule has 2 amide bonds. The number of benzene rings is 2. The van der Waals surface area contributed by atoms with Crippen LogP contribution in [0.2, 0.25) is 0 Å². The highest BCUT2D eigenvalue weighted by Gasteiger charge is 2.43. The van der Waals surface area contributed by atoms with Crippen molar-refractivity contribution in [3.63, 3.8) is 0 Å². The molecule has 0 spiro atoms. The highest BCUT2D eigenvalue weighted by Crippen LogP contribution is 2.40. The van der Waals surface area contributed by atoms with Gasteiger partial charge in [-0.2, -0.15) is 0 Å². The largest absolute Gasteiger partial charge is 0.497 e. The Bertz CT molecular complexity index is 1320. The van der Waals surface area contributed by atoms with Crippen LogP contribution in [0, 0.1) is 11.3 Å². The van der Waals surface area contributed by atoms with Crippen molar-refractivity contribution in [3.05, 3.63) is 53.6 Å². The van der Waals surface area contributed by atoms with E-state index in [1.54, 1.807) is 21.3 Å². The lowest BCUT2D eigenvalue weighted by Gasteiger charge is -2.47. The summed E-state index contributed by atoms with van der Waals surface area (Å²) in [6.45, 7) is 11.9. The zero-order valence-corrected chi connectivity index (χ0v) is 29.4. The summed E-state index contributed by atoms with van der Waals surface area (Å²) in [7, 11) is 5.04. The number of fused-ring (bicyclic) bond motifs is 1. The summed E-state index contributed by atoms with van der Waals surface area (Å²) in [5.74, 6) is 1.79. The molecule has 0 saturated carbocycles. The van der Waals surface area contributed by atoms with Gasteiger partial charge in [-0.15, -0.1) is 0 Å². The van der Waals surface area contributed by atoms with Crippen LogP contribution < -0.4 is 25.4 Å². The molecule has 47 heavy (non-hydrogen) atoms. The fourth-order valence-electron chi connectivity index (χ4n) is 6.96. The number of methoxy groups -OCH3 is 2. The number of anilines is 1. The summed E-state index contributed by atoms with van der Waals surface area (Å²) < 4.78 is 23.5. The maximum Gasteiger partial charge on any atom is 0.239 e. The molecule has 3 N–H and O–H groups in total. The highest BCUT2D eigenvalue weighted by atomic mass is 16.5. The number of ether oxygens (including phenoxy) is 4. The van der Waals surface area contributed by atoms with Crippen LogP contribution in [0.15, 0.2) is 42.5 Å². The van der Waals surface area contributed by atoms with Crippen molar-refractivity contribution in [3.8, 4) is 11.5 Å². The van der Waals surface area contributed by atoms with Crippen molar-refractivity contribution < 1.29 is 28.5 Å². The minimum atomic E-state index is -0.682. The summed E-state index contributed by atoms with van der Waals surface area (Å²) in [5, 5.41) is 2.81. The first-order chi connectivity index (χ1) is 22.5. The highest BCUT2D eigenvalue weighted by molar-refractivity contribution is 5.83. The van der Waals surface area contributed by atoms with Crippen LogP contribution in [-0.4, -0.2) is 89.0 Å². The third-order valence-electron chi connectivity index (χ3n) is 9.47. The molecule has 2 aliphatic rings. The average Bonchev–Trinajstić information content (AvgIpc) is 3.06. The molecule has 0 unspecified atom stereocenters. The number of nitrogens with zero attached hydrogens (tertiary/aromatic N) is 2. The Hall–Kier alpha value is -3.34. The molecule has 0 radical (unpaired) electrons. The molecule has 2 aliphatic heterocycles. The summed E-state index contributed by atoms with van der Waals surface area (Å²) in [6, 6.07) is 13.5. The van der Waals surface area contributed by atoms with Crippen molar-refractivity contribution in [2.75, 3.05) is 59.0 Å². The Morgan fingerprint density at radius 1 is 1.13 bits per heavy atom. The summed E-state index contributed by atoms with van der Waals surface area (Å²) >= 11 is 0. The van der Waals surface area contributed by atoms with Crippen molar-refractivity contribution in [1.82, 2.24) is 10.2 Å². The smallest absolute Gasteiger partial charge is 0.239 e. The first-order valence-electron chi connectivity index (χ1n) is 17.0. The Labute approximate surface area is 281 Å². The molecule has 1 saturated heterocycles. The molecular formula is C37H56N4O6. The first-order valence-corrected chi connectivity index (χ1v) is 17.0. The van der Waals surface area contributed by atoms with Gasteiger partial charge in [0.05, 0.1) is 38.1 Å². The SMILES string of the molecule is CNC(=O)C(C)(C)C[C@H]1C[C@H](c2ccc(OC)cc2)[C@@H](OCc2ccc3c(c2)N(CCCOC)CCO3)CN1C(=O)[C@@H](N)CC(C)C. The number of amides is 2. The van der Waals surface area contributed by atoms with Gasteiger partial charge in [0, 0.05) is 51.2 Å². The van der Waals surface area contributed by atoms with Gasteiger partial charge in [-0.1, -0.05) is 45.9 Å². The van der Waals surface area contributed by atoms with Gasteiger partial charge in [0.2, 0.25) is 11.8 Å². The number of piperidine rings is 1. The maximum absolute atomic E-state index is 14.0. The van der Waals surface area contributed by atoms with Gasteiger partial charge < -0.3 is 39.8 Å². The molecule has 2 aromatic rings. The number of nitrogens with two attached hydrogens (primary N) is 1. The third kappa shape index (κ3) is 9.39. The predicted octanol–water partition coefficient (Wildman–Crippen LogP) is 4.74. The van der Waals surface area contributed by atoms with Crippen molar-refractivity contribution >= 4 is 17.5 Å². The van der Waals surface area contributed by atoms with Crippen LogP contribution in [0.3, 0.4) is 0 Å². The van der Waals surface area contributed by atoms with Crippen LogP contribution in [-0.2, 0) is 25.7 Å². The summed E-state index contributed by atoms with van der Waals surface area (Å²) in [4.78, 5) is 31.2. The van der Waals surface area contributed by atoms with E-state index in [9.17, 15) is 9.59 Å². The Morgan fingerprint density at radius 2 is 1.87 bits per heavy atom. The molecule has 2 aromatic carbocycles. The van der Waals surface area contributed by atoms with E-state index in [1.165, 1.54) is 0 Å². The first kappa shape index (κ1) is 36.5. The van der Waals surface area contributed by atoms with Gasteiger partial charge in [0.25, 0.3) is 0 Å². The third-order valence-corrected chi connectivity index (χ3v) is 9.47. The predicted molar refractivity (Wildman–Crippen MR) is 185 cm³/mol. The van der Waals surface area contributed by atoms with Gasteiger partial charge in [-0.3, -0.25) is 9.59 Å². The molecule has 0 aromatic heterocycles. The lowest BCUT2D eigenvalue weighted by molar-refractivity contribution is -0.145. The number of hydrogen-bond donors (Lipinski definition) is 2. The molecule has 10 nitrogen and oxygen atoms in total. The number of rotatable bonds is 15. The minimum Gasteiger partial charge on any atom is -0.497 e. The van der Waals surface area contributed by atoms with E-state index in [2.05, 4.69) is 48.3 Å². The zero-order valence-electron chi connectivity index (χ0n) is 29.4. The number of hydrogen-bond acceptors (Lipinski definition) is 8.